The number of urea groups is 1. The first-order valence-electron chi connectivity index (χ1n) is 13.2. The summed E-state index contributed by atoms with van der Waals surface area (Å²) in [6.45, 7) is 10.3. The van der Waals surface area contributed by atoms with Gasteiger partial charge in [-0.15, -0.1) is 0 Å². The van der Waals surface area contributed by atoms with E-state index in [0.29, 0.717) is 23.1 Å². The average molecular weight is 535 g/mol. The number of nitrogens with one attached hydrogen (secondary N) is 2. The molecule has 3 aromatic carbocycles. The maximum absolute atomic E-state index is 13.3. The van der Waals surface area contributed by atoms with Crippen LogP contribution < -0.4 is 21.1 Å². The number of amides is 2. The highest BCUT2D eigenvalue weighted by Gasteiger charge is 2.22. The summed E-state index contributed by atoms with van der Waals surface area (Å²) in [5.74, 6) is 1.74. The van der Waals surface area contributed by atoms with Gasteiger partial charge < -0.3 is 15.8 Å². The zero-order valence-corrected chi connectivity index (χ0v) is 23.4. The van der Waals surface area contributed by atoms with Crippen LogP contribution >= 0.6 is 0 Å². The Morgan fingerprint density at radius 3 is 2.38 bits per heavy atom. The molecule has 40 heavy (non-hydrogen) atoms. The molecular formula is C32H34N6O2. The molecule has 0 fully saturated rings. The second kappa shape index (κ2) is 10.7. The van der Waals surface area contributed by atoms with Gasteiger partial charge in [0.05, 0.1) is 17.1 Å². The van der Waals surface area contributed by atoms with Crippen LogP contribution in [0.2, 0.25) is 0 Å². The molecule has 4 N–H and O–H groups in total. The SMILES string of the molecule is Cc1ccc(-n2nc(C(C)(C)C)cc2NC(=O)Nc2ccc(OC(C)c3ccnc(N)c3)c3ccccc23)cc1. The number of ether oxygens (including phenoxy) is 1. The normalized spacial score (nSPS) is 12.2. The molecule has 0 radical (unpaired) electrons. The van der Waals surface area contributed by atoms with E-state index in [0.717, 1.165) is 33.3 Å². The van der Waals surface area contributed by atoms with E-state index < -0.39 is 0 Å². The van der Waals surface area contributed by atoms with Crippen LogP contribution in [-0.4, -0.2) is 20.8 Å². The number of hydrogen-bond acceptors (Lipinski definition) is 5. The van der Waals surface area contributed by atoms with Crippen molar-refractivity contribution >= 4 is 34.1 Å². The van der Waals surface area contributed by atoms with Crippen molar-refractivity contribution in [1.82, 2.24) is 14.8 Å². The minimum absolute atomic E-state index is 0.187. The number of nitrogen functional groups attached to an aromatic ring is 1. The number of rotatable bonds is 6. The number of benzene rings is 3. The van der Waals surface area contributed by atoms with E-state index >= 15 is 0 Å². The first-order chi connectivity index (χ1) is 19.1. The molecule has 8 heteroatoms. The molecule has 0 saturated carbocycles. The molecule has 0 aliphatic rings. The Balaban J connectivity index is 1.41. The fraction of sp³-hybridized carbons (Fsp3) is 0.219. The molecule has 2 heterocycles. The van der Waals surface area contributed by atoms with Crippen molar-refractivity contribution in [1.29, 1.82) is 0 Å². The van der Waals surface area contributed by atoms with Crippen LogP contribution in [0.1, 0.15) is 50.6 Å². The minimum atomic E-state index is -0.367. The van der Waals surface area contributed by atoms with E-state index in [4.69, 9.17) is 15.6 Å². The number of aryl methyl sites for hydroxylation is 1. The predicted molar refractivity (Wildman–Crippen MR) is 161 cm³/mol. The summed E-state index contributed by atoms with van der Waals surface area (Å²) in [6, 6.07) is 24.8. The van der Waals surface area contributed by atoms with Gasteiger partial charge in [-0.1, -0.05) is 62.7 Å². The standard InChI is InChI=1S/C32H34N6O2/c1-20-10-12-23(13-11-20)38-30(19-28(37-38)32(3,4)5)36-31(39)35-26-14-15-27(25-9-7-6-8-24(25)26)40-21(2)22-16-17-34-29(33)18-22/h6-19,21H,1-5H3,(H2,33,34)(H2,35,36,39). The molecule has 0 bridgehead atoms. The van der Waals surface area contributed by atoms with Crippen molar-refractivity contribution in [2.75, 3.05) is 16.4 Å². The molecule has 0 aliphatic carbocycles. The summed E-state index contributed by atoms with van der Waals surface area (Å²) >= 11 is 0. The lowest BCUT2D eigenvalue weighted by molar-refractivity contribution is 0.230. The predicted octanol–water partition coefficient (Wildman–Crippen LogP) is 7.39. The van der Waals surface area contributed by atoms with Gasteiger partial charge in [-0.05, 0) is 55.8 Å². The largest absolute Gasteiger partial charge is 0.485 e. The summed E-state index contributed by atoms with van der Waals surface area (Å²) < 4.78 is 8.07. The van der Waals surface area contributed by atoms with Crippen LogP contribution in [0.5, 0.6) is 5.75 Å². The van der Waals surface area contributed by atoms with Gasteiger partial charge in [0.2, 0.25) is 0 Å². The van der Waals surface area contributed by atoms with Crippen molar-refractivity contribution in [2.24, 2.45) is 0 Å². The summed E-state index contributed by atoms with van der Waals surface area (Å²) in [4.78, 5) is 17.3. The summed E-state index contributed by atoms with van der Waals surface area (Å²) in [7, 11) is 0. The lowest BCUT2D eigenvalue weighted by Crippen LogP contribution is -2.21. The number of nitrogens with zero attached hydrogens (tertiary/aromatic N) is 3. The molecule has 2 aromatic heterocycles. The Bertz CT molecular complexity index is 1670. The van der Waals surface area contributed by atoms with Gasteiger partial charge in [-0.2, -0.15) is 5.10 Å². The zero-order chi connectivity index (χ0) is 28.4. The fourth-order valence-electron chi connectivity index (χ4n) is 4.45. The number of nitrogens with two attached hydrogens (primary N) is 1. The van der Waals surface area contributed by atoms with Gasteiger partial charge in [-0.3, -0.25) is 5.32 Å². The van der Waals surface area contributed by atoms with Crippen LogP contribution in [0.3, 0.4) is 0 Å². The number of hydrogen-bond donors (Lipinski definition) is 3. The van der Waals surface area contributed by atoms with Gasteiger partial charge in [0.1, 0.15) is 23.5 Å². The van der Waals surface area contributed by atoms with E-state index in [2.05, 4.69) is 36.4 Å². The molecule has 0 spiro atoms. The van der Waals surface area contributed by atoms with Crippen molar-refractivity contribution < 1.29 is 9.53 Å². The minimum Gasteiger partial charge on any atom is -0.485 e. The van der Waals surface area contributed by atoms with E-state index in [1.807, 2.05) is 86.6 Å². The Labute approximate surface area is 234 Å². The van der Waals surface area contributed by atoms with Crippen molar-refractivity contribution in [3.8, 4) is 11.4 Å². The van der Waals surface area contributed by atoms with E-state index in [-0.39, 0.29) is 17.6 Å². The Morgan fingerprint density at radius 1 is 0.950 bits per heavy atom. The van der Waals surface area contributed by atoms with Crippen LogP contribution in [0, 0.1) is 6.92 Å². The summed E-state index contributed by atoms with van der Waals surface area (Å²) in [6.07, 6.45) is 1.43. The number of anilines is 3. The average Bonchev–Trinajstić information content (AvgIpc) is 3.34. The van der Waals surface area contributed by atoms with E-state index in [1.165, 1.54) is 0 Å². The molecule has 1 unspecified atom stereocenters. The van der Waals surface area contributed by atoms with Gasteiger partial charge in [-0.25, -0.2) is 14.5 Å². The first-order valence-corrected chi connectivity index (χ1v) is 13.2. The van der Waals surface area contributed by atoms with Crippen molar-refractivity contribution in [3.05, 3.63) is 102 Å². The highest BCUT2D eigenvalue weighted by atomic mass is 16.5. The lowest BCUT2D eigenvalue weighted by Gasteiger charge is -2.18. The van der Waals surface area contributed by atoms with Crippen molar-refractivity contribution in [3.63, 3.8) is 0 Å². The van der Waals surface area contributed by atoms with Crippen LogP contribution in [0.4, 0.5) is 22.1 Å². The van der Waals surface area contributed by atoms with Gasteiger partial charge >= 0.3 is 6.03 Å². The Hall–Kier alpha value is -4.85. The van der Waals surface area contributed by atoms with Crippen molar-refractivity contribution in [2.45, 2.75) is 46.1 Å². The molecule has 5 aromatic rings. The molecule has 8 nitrogen and oxygen atoms in total. The van der Waals surface area contributed by atoms with E-state index in [9.17, 15) is 4.79 Å². The number of pyridine rings is 1. The highest BCUT2D eigenvalue weighted by Crippen LogP contribution is 2.34. The second-order valence-corrected chi connectivity index (χ2v) is 10.9. The summed E-state index contributed by atoms with van der Waals surface area (Å²) in [5, 5.41) is 12.6. The maximum Gasteiger partial charge on any atom is 0.324 e. The van der Waals surface area contributed by atoms with Crippen LogP contribution in [0.25, 0.3) is 16.5 Å². The summed E-state index contributed by atoms with van der Waals surface area (Å²) in [5.41, 5.74) is 10.2. The third kappa shape index (κ3) is 5.76. The van der Waals surface area contributed by atoms with E-state index in [1.54, 1.807) is 16.9 Å². The number of fused-ring (bicyclic) bond motifs is 1. The molecule has 5 rings (SSSR count). The fourth-order valence-corrected chi connectivity index (χ4v) is 4.45. The highest BCUT2D eigenvalue weighted by molar-refractivity contribution is 6.07. The third-order valence-corrected chi connectivity index (χ3v) is 6.71. The van der Waals surface area contributed by atoms with Crippen LogP contribution in [0.15, 0.2) is 85.1 Å². The number of aromatic nitrogens is 3. The lowest BCUT2D eigenvalue weighted by atomic mass is 9.92. The second-order valence-electron chi connectivity index (χ2n) is 10.9. The smallest absolute Gasteiger partial charge is 0.324 e. The Kier molecular flexibility index (Phi) is 7.17. The van der Waals surface area contributed by atoms with Gasteiger partial charge in [0, 0.05) is 28.5 Å². The molecule has 0 saturated heterocycles. The van der Waals surface area contributed by atoms with Gasteiger partial charge in [0.15, 0.2) is 0 Å². The van der Waals surface area contributed by atoms with Crippen LogP contribution in [-0.2, 0) is 5.41 Å². The van der Waals surface area contributed by atoms with Gasteiger partial charge in [0.25, 0.3) is 0 Å². The molecule has 2 amide bonds. The Morgan fingerprint density at radius 2 is 1.68 bits per heavy atom. The number of carbonyl (C=O) groups excluding carboxylic acids is 1. The number of carbonyl (C=O) groups is 1. The molecule has 1 atom stereocenters. The molecular weight excluding hydrogens is 500 g/mol. The molecule has 204 valence electrons. The topological polar surface area (TPSA) is 107 Å². The zero-order valence-electron chi connectivity index (χ0n) is 23.4. The quantitative estimate of drug-likeness (QED) is 0.210. The maximum atomic E-state index is 13.3. The third-order valence-electron chi connectivity index (χ3n) is 6.71. The molecule has 0 aliphatic heterocycles. The first kappa shape index (κ1) is 26.7. The monoisotopic (exact) mass is 534 g/mol.